The summed E-state index contributed by atoms with van der Waals surface area (Å²) in [6.45, 7) is 4.53. The van der Waals surface area contributed by atoms with E-state index in [0.717, 1.165) is 37.5 Å². The third-order valence-corrected chi connectivity index (χ3v) is 3.59. The van der Waals surface area contributed by atoms with Crippen molar-refractivity contribution < 1.29 is 9.90 Å². The second-order valence-electron chi connectivity index (χ2n) is 5.38. The average molecular weight is 212 g/mol. The number of aliphatic carboxylic acids is 1. The van der Waals surface area contributed by atoms with Crippen molar-refractivity contribution in [1.29, 1.82) is 0 Å². The van der Waals surface area contributed by atoms with Crippen molar-refractivity contribution in [3.05, 3.63) is 0 Å². The molecule has 1 saturated carbocycles. The van der Waals surface area contributed by atoms with Crippen LogP contribution in [0.1, 0.15) is 58.8 Å². The lowest BCUT2D eigenvalue weighted by molar-refractivity contribution is -0.143. The van der Waals surface area contributed by atoms with Gasteiger partial charge in [-0.3, -0.25) is 4.79 Å². The molecule has 1 aliphatic rings. The molecule has 1 fully saturated rings. The summed E-state index contributed by atoms with van der Waals surface area (Å²) in [6, 6.07) is 0. The summed E-state index contributed by atoms with van der Waals surface area (Å²) in [4.78, 5) is 10.8. The van der Waals surface area contributed by atoms with Gasteiger partial charge >= 0.3 is 5.97 Å². The molecule has 2 nitrogen and oxygen atoms in total. The minimum atomic E-state index is -0.587. The molecule has 0 spiro atoms. The summed E-state index contributed by atoms with van der Waals surface area (Å²) in [7, 11) is 0. The molecule has 0 aliphatic heterocycles. The normalized spacial score (nSPS) is 26.9. The van der Waals surface area contributed by atoms with E-state index in [-0.39, 0.29) is 5.92 Å². The molecule has 0 aromatic rings. The monoisotopic (exact) mass is 212 g/mol. The number of hydrogen-bond donors (Lipinski definition) is 1. The van der Waals surface area contributed by atoms with Crippen LogP contribution in [0.15, 0.2) is 0 Å². The van der Waals surface area contributed by atoms with Crippen LogP contribution in [0.3, 0.4) is 0 Å². The van der Waals surface area contributed by atoms with Gasteiger partial charge in [-0.25, -0.2) is 0 Å². The van der Waals surface area contributed by atoms with Gasteiger partial charge in [0.15, 0.2) is 0 Å². The predicted molar refractivity (Wildman–Crippen MR) is 61.8 cm³/mol. The summed E-state index contributed by atoms with van der Waals surface area (Å²) in [5, 5.41) is 8.87. The number of hydrogen-bond acceptors (Lipinski definition) is 1. The van der Waals surface area contributed by atoms with Crippen molar-refractivity contribution in [2.45, 2.75) is 58.8 Å². The van der Waals surface area contributed by atoms with Gasteiger partial charge in [0.2, 0.25) is 0 Å². The maximum absolute atomic E-state index is 10.8. The third-order valence-electron chi connectivity index (χ3n) is 3.59. The molecule has 1 rings (SSSR count). The standard InChI is InChI=1S/C13H24O2/c1-10(2)4-3-5-11-6-8-12(9-7-11)13(14)15/h10-12H,3-9H2,1-2H3,(H,14,15)/t11-,12+. The van der Waals surface area contributed by atoms with E-state index in [4.69, 9.17) is 5.11 Å². The first-order chi connectivity index (χ1) is 7.09. The van der Waals surface area contributed by atoms with E-state index in [1.807, 2.05) is 0 Å². The maximum atomic E-state index is 10.8. The summed E-state index contributed by atoms with van der Waals surface area (Å²) in [5.41, 5.74) is 0. The van der Waals surface area contributed by atoms with Gasteiger partial charge in [0.25, 0.3) is 0 Å². The second-order valence-corrected chi connectivity index (χ2v) is 5.38. The van der Waals surface area contributed by atoms with E-state index < -0.39 is 5.97 Å². The molecule has 0 heterocycles. The van der Waals surface area contributed by atoms with Gasteiger partial charge < -0.3 is 5.11 Å². The van der Waals surface area contributed by atoms with Crippen LogP contribution in [0.2, 0.25) is 0 Å². The van der Waals surface area contributed by atoms with Gasteiger partial charge in [-0.2, -0.15) is 0 Å². The minimum Gasteiger partial charge on any atom is -0.481 e. The van der Waals surface area contributed by atoms with Crippen molar-refractivity contribution >= 4 is 5.97 Å². The van der Waals surface area contributed by atoms with Crippen molar-refractivity contribution in [3.8, 4) is 0 Å². The van der Waals surface area contributed by atoms with Crippen LogP contribution >= 0.6 is 0 Å². The fourth-order valence-corrected chi connectivity index (χ4v) is 2.51. The van der Waals surface area contributed by atoms with Crippen LogP contribution < -0.4 is 0 Å². The third kappa shape index (κ3) is 4.67. The Balaban J connectivity index is 2.12. The quantitative estimate of drug-likeness (QED) is 0.754. The second kappa shape index (κ2) is 6.14. The first-order valence-corrected chi connectivity index (χ1v) is 6.32. The van der Waals surface area contributed by atoms with Gasteiger partial charge in [0.05, 0.1) is 5.92 Å². The van der Waals surface area contributed by atoms with Crippen LogP contribution in [-0.4, -0.2) is 11.1 Å². The summed E-state index contributed by atoms with van der Waals surface area (Å²) >= 11 is 0. The lowest BCUT2D eigenvalue weighted by Gasteiger charge is -2.26. The largest absolute Gasteiger partial charge is 0.481 e. The molecule has 0 bridgehead atoms. The Kier molecular flexibility index (Phi) is 5.13. The van der Waals surface area contributed by atoms with Crippen molar-refractivity contribution in [1.82, 2.24) is 0 Å². The Morgan fingerprint density at radius 3 is 2.33 bits per heavy atom. The number of carboxylic acids is 1. The average Bonchev–Trinajstić information content (AvgIpc) is 2.18. The Bertz CT molecular complexity index is 191. The van der Waals surface area contributed by atoms with Gasteiger partial charge in [-0.1, -0.05) is 33.1 Å². The van der Waals surface area contributed by atoms with Crippen LogP contribution in [0.5, 0.6) is 0 Å². The van der Waals surface area contributed by atoms with Gasteiger partial charge in [-0.15, -0.1) is 0 Å². The molecule has 0 amide bonds. The topological polar surface area (TPSA) is 37.3 Å². The Labute approximate surface area is 93.1 Å². The summed E-state index contributed by atoms with van der Waals surface area (Å²) < 4.78 is 0. The zero-order chi connectivity index (χ0) is 11.3. The summed E-state index contributed by atoms with van der Waals surface area (Å²) in [6.07, 6.45) is 8.02. The summed E-state index contributed by atoms with van der Waals surface area (Å²) in [5.74, 6) is 0.974. The van der Waals surface area contributed by atoms with E-state index in [1.54, 1.807) is 0 Å². The SMILES string of the molecule is CC(C)CCC[C@H]1CC[C@@H](C(=O)O)CC1. The molecular weight excluding hydrogens is 188 g/mol. The fraction of sp³-hybridized carbons (Fsp3) is 0.923. The molecule has 0 saturated heterocycles. The highest BCUT2D eigenvalue weighted by atomic mass is 16.4. The first-order valence-electron chi connectivity index (χ1n) is 6.32. The van der Waals surface area contributed by atoms with E-state index in [2.05, 4.69) is 13.8 Å². The van der Waals surface area contributed by atoms with E-state index >= 15 is 0 Å². The van der Waals surface area contributed by atoms with Crippen LogP contribution in [0.4, 0.5) is 0 Å². The van der Waals surface area contributed by atoms with Gasteiger partial charge in [0, 0.05) is 0 Å². The number of rotatable bonds is 5. The van der Waals surface area contributed by atoms with Gasteiger partial charge in [0.1, 0.15) is 0 Å². The first kappa shape index (κ1) is 12.5. The minimum absolute atomic E-state index is 0.0497. The molecule has 15 heavy (non-hydrogen) atoms. The number of carboxylic acid groups (broad SMARTS) is 1. The number of carbonyl (C=O) groups is 1. The Morgan fingerprint density at radius 1 is 1.27 bits per heavy atom. The van der Waals surface area contributed by atoms with Gasteiger partial charge in [-0.05, 0) is 37.5 Å². The van der Waals surface area contributed by atoms with Crippen LogP contribution in [-0.2, 0) is 4.79 Å². The van der Waals surface area contributed by atoms with Crippen LogP contribution in [0, 0.1) is 17.8 Å². The molecule has 0 unspecified atom stereocenters. The van der Waals surface area contributed by atoms with E-state index in [1.165, 1.54) is 19.3 Å². The zero-order valence-corrected chi connectivity index (χ0v) is 10.0. The van der Waals surface area contributed by atoms with Crippen molar-refractivity contribution in [2.24, 2.45) is 17.8 Å². The molecule has 1 N–H and O–H groups in total. The zero-order valence-electron chi connectivity index (χ0n) is 10.0. The lowest BCUT2D eigenvalue weighted by Crippen LogP contribution is -2.21. The maximum Gasteiger partial charge on any atom is 0.306 e. The highest BCUT2D eigenvalue weighted by Crippen LogP contribution is 2.32. The molecule has 0 radical (unpaired) electrons. The lowest BCUT2D eigenvalue weighted by atomic mass is 9.79. The molecule has 0 aromatic carbocycles. The Morgan fingerprint density at radius 2 is 1.87 bits per heavy atom. The van der Waals surface area contributed by atoms with E-state index in [9.17, 15) is 4.79 Å². The molecule has 0 atom stereocenters. The van der Waals surface area contributed by atoms with Crippen molar-refractivity contribution in [3.63, 3.8) is 0 Å². The molecule has 0 aromatic heterocycles. The van der Waals surface area contributed by atoms with E-state index in [0.29, 0.717) is 0 Å². The molecule has 88 valence electrons. The molecule has 1 aliphatic carbocycles. The Hall–Kier alpha value is -0.530. The predicted octanol–water partition coefficient (Wildman–Crippen LogP) is 3.70. The smallest absolute Gasteiger partial charge is 0.306 e. The fourth-order valence-electron chi connectivity index (χ4n) is 2.51. The van der Waals surface area contributed by atoms with Crippen LogP contribution in [0.25, 0.3) is 0 Å². The van der Waals surface area contributed by atoms with Crippen molar-refractivity contribution in [2.75, 3.05) is 0 Å². The molecular formula is C13H24O2. The molecule has 2 heteroatoms. The highest BCUT2D eigenvalue weighted by molar-refractivity contribution is 5.69. The highest BCUT2D eigenvalue weighted by Gasteiger charge is 2.25.